The van der Waals surface area contributed by atoms with Gasteiger partial charge in [0.25, 0.3) is 0 Å². The summed E-state index contributed by atoms with van der Waals surface area (Å²) in [6.07, 6.45) is 0.374. The number of alkyl halides is 1. The molecule has 0 aliphatic carbocycles. The Morgan fingerprint density at radius 3 is 2.87 bits per heavy atom. The van der Waals surface area contributed by atoms with E-state index in [1.54, 1.807) is 0 Å². The van der Waals surface area contributed by atoms with Gasteiger partial charge in [-0.1, -0.05) is 0 Å². The number of nitrogens with one attached hydrogen (secondary N) is 1. The van der Waals surface area contributed by atoms with Crippen LogP contribution in [0.2, 0.25) is 0 Å². The molecular weight excluding hydrogens is 214 g/mol. The summed E-state index contributed by atoms with van der Waals surface area (Å²) in [5, 5.41) is 7.08. The van der Waals surface area contributed by atoms with Crippen LogP contribution in [0.1, 0.15) is 17.8 Å². The highest BCUT2D eigenvalue weighted by Crippen LogP contribution is 2.00. The van der Waals surface area contributed by atoms with Gasteiger partial charge in [0.2, 0.25) is 5.91 Å². The van der Waals surface area contributed by atoms with Gasteiger partial charge in [0.15, 0.2) is 0 Å². The Morgan fingerprint density at radius 2 is 2.33 bits per heavy atom. The molecule has 0 bridgehead atoms. The molecule has 0 aliphatic rings. The average molecular weight is 230 g/mol. The van der Waals surface area contributed by atoms with E-state index in [1.165, 1.54) is 0 Å². The Balaban J connectivity index is 2.31. The fraction of sp³-hybridized carbons (Fsp3) is 0.600. The molecule has 0 fully saturated rings. The average Bonchev–Trinajstić information content (AvgIpc) is 2.46. The fourth-order valence-corrected chi connectivity index (χ4v) is 1.55. The second-order valence-electron chi connectivity index (χ2n) is 3.44. The maximum absolute atomic E-state index is 11.1. The van der Waals surface area contributed by atoms with Gasteiger partial charge in [-0.05, 0) is 19.9 Å². The highest BCUT2D eigenvalue weighted by molar-refractivity contribution is 6.18. The SMILES string of the molecule is Cc1cc(C)n(CCNC(=O)CCCl)n1. The van der Waals surface area contributed by atoms with Gasteiger partial charge in [0.05, 0.1) is 12.2 Å². The first kappa shape index (κ1) is 12.0. The molecule has 0 atom stereocenters. The molecule has 0 unspecified atom stereocenters. The van der Waals surface area contributed by atoms with Crippen LogP contribution in [0, 0.1) is 13.8 Å². The number of hydrogen-bond donors (Lipinski definition) is 1. The van der Waals surface area contributed by atoms with Crippen molar-refractivity contribution in [3.05, 3.63) is 17.5 Å². The van der Waals surface area contributed by atoms with Gasteiger partial charge < -0.3 is 5.32 Å². The Labute approximate surface area is 94.6 Å². The van der Waals surface area contributed by atoms with Crippen molar-refractivity contribution in [2.75, 3.05) is 12.4 Å². The predicted octanol–water partition coefficient (Wildman–Crippen LogP) is 1.25. The number of amides is 1. The van der Waals surface area contributed by atoms with Crippen LogP contribution >= 0.6 is 11.6 Å². The minimum Gasteiger partial charge on any atom is -0.354 e. The van der Waals surface area contributed by atoms with Crippen LogP contribution in [0.15, 0.2) is 6.07 Å². The van der Waals surface area contributed by atoms with Crippen molar-refractivity contribution in [1.29, 1.82) is 0 Å². The Kier molecular flexibility index (Phi) is 4.62. The zero-order valence-electron chi connectivity index (χ0n) is 9.09. The first-order valence-electron chi connectivity index (χ1n) is 4.97. The molecule has 4 nitrogen and oxygen atoms in total. The van der Waals surface area contributed by atoms with E-state index in [4.69, 9.17) is 11.6 Å². The van der Waals surface area contributed by atoms with E-state index in [-0.39, 0.29) is 5.91 Å². The fourth-order valence-electron chi connectivity index (χ4n) is 1.38. The number of aryl methyl sites for hydroxylation is 2. The molecule has 0 spiro atoms. The van der Waals surface area contributed by atoms with Crippen molar-refractivity contribution >= 4 is 17.5 Å². The van der Waals surface area contributed by atoms with Crippen LogP contribution in [0.4, 0.5) is 0 Å². The van der Waals surface area contributed by atoms with E-state index in [0.717, 1.165) is 11.4 Å². The quantitative estimate of drug-likeness (QED) is 0.773. The Morgan fingerprint density at radius 1 is 1.60 bits per heavy atom. The van der Waals surface area contributed by atoms with Crippen molar-refractivity contribution < 1.29 is 4.79 Å². The van der Waals surface area contributed by atoms with Crippen LogP contribution in [-0.2, 0) is 11.3 Å². The minimum atomic E-state index is -0.00784. The monoisotopic (exact) mass is 229 g/mol. The third kappa shape index (κ3) is 3.91. The summed E-state index contributed by atoms with van der Waals surface area (Å²) in [5.41, 5.74) is 2.11. The van der Waals surface area contributed by atoms with Crippen LogP contribution in [-0.4, -0.2) is 28.1 Å². The van der Waals surface area contributed by atoms with E-state index >= 15 is 0 Å². The zero-order valence-corrected chi connectivity index (χ0v) is 9.84. The van der Waals surface area contributed by atoms with Crippen molar-refractivity contribution in [2.45, 2.75) is 26.8 Å². The van der Waals surface area contributed by atoms with Gasteiger partial charge in [-0.3, -0.25) is 9.48 Å². The maximum Gasteiger partial charge on any atom is 0.221 e. The molecule has 0 aromatic carbocycles. The number of nitrogens with zero attached hydrogens (tertiary/aromatic N) is 2. The molecule has 1 amide bonds. The number of aromatic nitrogens is 2. The van der Waals surface area contributed by atoms with E-state index in [9.17, 15) is 4.79 Å². The standard InChI is InChI=1S/C10H16ClN3O/c1-8-7-9(2)14(13-8)6-5-12-10(15)3-4-11/h7H,3-6H2,1-2H3,(H,12,15). The lowest BCUT2D eigenvalue weighted by molar-refractivity contribution is -0.120. The van der Waals surface area contributed by atoms with E-state index in [2.05, 4.69) is 10.4 Å². The Hall–Kier alpha value is -1.03. The van der Waals surface area contributed by atoms with E-state index < -0.39 is 0 Å². The van der Waals surface area contributed by atoms with Gasteiger partial charge in [-0.2, -0.15) is 5.10 Å². The van der Waals surface area contributed by atoms with Crippen molar-refractivity contribution in [3.8, 4) is 0 Å². The van der Waals surface area contributed by atoms with Crippen molar-refractivity contribution in [2.24, 2.45) is 0 Å². The summed E-state index contributed by atoms with van der Waals surface area (Å²) in [7, 11) is 0. The summed E-state index contributed by atoms with van der Waals surface area (Å²) in [6, 6.07) is 2.01. The van der Waals surface area contributed by atoms with Gasteiger partial charge in [0, 0.05) is 24.5 Å². The van der Waals surface area contributed by atoms with Crippen LogP contribution in [0.3, 0.4) is 0 Å². The smallest absolute Gasteiger partial charge is 0.221 e. The summed E-state index contributed by atoms with van der Waals surface area (Å²) in [6.45, 7) is 5.25. The Bertz CT molecular complexity index is 335. The molecule has 1 heterocycles. The lowest BCUT2D eigenvalue weighted by atomic mass is 10.4. The molecule has 0 saturated heterocycles. The summed E-state index contributed by atoms with van der Waals surface area (Å²) >= 11 is 5.44. The predicted molar refractivity (Wildman–Crippen MR) is 60.0 cm³/mol. The molecule has 1 rings (SSSR count). The lowest BCUT2D eigenvalue weighted by Gasteiger charge is -2.05. The maximum atomic E-state index is 11.1. The highest BCUT2D eigenvalue weighted by Gasteiger charge is 2.02. The molecule has 0 radical (unpaired) electrons. The summed E-state index contributed by atoms with van der Waals surface area (Å²) in [5.74, 6) is 0.359. The molecule has 0 aliphatic heterocycles. The van der Waals surface area contributed by atoms with Gasteiger partial charge in [-0.15, -0.1) is 11.6 Å². The van der Waals surface area contributed by atoms with Gasteiger partial charge in [0.1, 0.15) is 0 Å². The van der Waals surface area contributed by atoms with Crippen LogP contribution < -0.4 is 5.32 Å². The van der Waals surface area contributed by atoms with Gasteiger partial charge >= 0.3 is 0 Å². The minimum absolute atomic E-state index is 0.00784. The molecule has 5 heteroatoms. The second kappa shape index (κ2) is 5.75. The number of hydrogen-bond acceptors (Lipinski definition) is 2. The van der Waals surface area contributed by atoms with E-state index in [0.29, 0.717) is 25.4 Å². The number of carbonyl (C=O) groups is 1. The normalized spacial score (nSPS) is 10.3. The lowest BCUT2D eigenvalue weighted by Crippen LogP contribution is -2.27. The van der Waals surface area contributed by atoms with Gasteiger partial charge in [-0.25, -0.2) is 0 Å². The number of halogens is 1. The van der Waals surface area contributed by atoms with E-state index in [1.807, 2.05) is 24.6 Å². The topological polar surface area (TPSA) is 46.9 Å². The van der Waals surface area contributed by atoms with Crippen LogP contribution in [0.5, 0.6) is 0 Å². The third-order valence-corrected chi connectivity index (χ3v) is 2.26. The molecule has 1 N–H and O–H groups in total. The molecule has 0 saturated carbocycles. The highest BCUT2D eigenvalue weighted by atomic mass is 35.5. The third-order valence-electron chi connectivity index (χ3n) is 2.07. The number of carbonyl (C=O) groups excluding carboxylic acids is 1. The molecule has 84 valence electrons. The van der Waals surface area contributed by atoms with Crippen LogP contribution in [0.25, 0.3) is 0 Å². The second-order valence-corrected chi connectivity index (χ2v) is 3.82. The first-order valence-corrected chi connectivity index (χ1v) is 5.50. The zero-order chi connectivity index (χ0) is 11.3. The molecular formula is C10H16ClN3O. The van der Waals surface area contributed by atoms with Crippen molar-refractivity contribution in [1.82, 2.24) is 15.1 Å². The first-order chi connectivity index (χ1) is 7.13. The summed E-state index contributed by atoms with van der Waals surface area (Å²) in [4.78, 5) is 11.1. The summed E-state index contributed by atoms with van der Waals surface area (Å²) < 4.78 is 1.89. The molecule has 1 aromatic heterocycles. The molecule has 1 aromatic rings. The van der Waals surface area contributed by atoms with Crippen molar-refractivity contribution in [3.63, 3.8) is 0 Å². The number of rotatable bonds is 5. The molecule has 15 heavy (non-hydrogen) atoms. The largest absolute Gasteiger partial charge is 0.354 e.